The number of allylic oxidation sites excluding steroid dienone is 11. The molecule has 5 N–H and O–H groups in total. The number of phosphoric ester groups is 2. The highest BCUT2D eigenvalue weighted by Crippen LogP contribution is 2.43. The Bertz CT molecular complexity index is 1350. The molecule has 0 aliphatic carbocycles. The molecule has 0 saturated heterocycles. The number of hydrogen-bond donors (Lipinski definition) is 5. The first-order chi connectivity index (χ1) is 28.8. The van der Waals surface area contributed by atoms with Crippen LogP contribution in [0.1, 0.15) is 149 Å². The zero-order chi connectivity index (χ0) is 44.6. The Morgan fingerprint density at radius 1 is 0.567 bits per heavy atom. The smallest absolute Gasteiger partial charge is 0.462 e. The minimum atomic E-state index is -4.89. The topological polar surface area (TPSA) is 216 Å². The van der Waals surface area contributed by atoms with E-state index in [1.54, 1.807) is 12.2 Å². The average molecular weight is 891 g/mol. The lowest BCUT2D eigenvalue weighted by Gasteiger charge is -2.20. The maximum absolute atomic E-state index is 12.7. The third kappa shape index (κ3) is 42.2. The third-order valence-electron chi connectivity index (χ3n) is 8.67. The van der Waals surface area contributed by atoms with E-state index in [1.165, 1.54) is 38.5 Å². The van der Waals surface area contributed by atoms with Gasteiger partial charge in [-0.1, -0.05) is 138 Å². The molecule has 14 nitrogen and oxygen atoms in total. The molecule has 0 aliphatic rings. The van der Waals surface area contributed by atoms with E-state index < -0.39 is 72.3 Å². The van der Waals surface area contributed by atoms with Crippen molar-refractivity contribution in [2.45, 2.75) is 167 Å². The van der Waals surface area contributed by atoms with Crippen molar-refractivity contribution < 1.29 is 66.7 Å². The summed E-state index contributed by atoms with van der Waals surface area (Å²) in [6.45, 7) is 1.39. The van der Waals surface area contributed by atoms with Crippen LogP contribution in [-0.2, 0) is 41.8 Å². The van der Waals surface area contributed by atoms with Gasteiger partial charge in [0.25, 0.3) is 0 Å². The van der Waals surface area contributed by atoms with Crippen molar-refractivity contribution in [2.24, 2.45) is 0 Å². The molecule has 2 unspecified atom stereocenters. The van der Waals surface area contributed by atoms with E-state index >= 15 is 0 Å². The highest BCUT2D eigenvalue weighted by molar-refractivity contribution is 7.47. The zero-order valence-electron chi connectivity index (χ0n) is 36.1. The third-order valence-corrected chi connectivity index (χ3v) is 10.1. The van der Waals surface area contributed by atoms with E-state index in [4.69, 9.17) is 23.8 Å². The summed E-state index contributed by atoms with van der Waals surface area (Å²) in [4.78, 5) is 52.7. The summed E-state index contributed by atoms with van der Waals surface area (Å²) < 4.78 is 47.6. The van der Waals surface area contributed by atoms with Gasteiger partial charge in [0, 0.05) is 12.8 Å². The zero-order valence-corrected chi connectivity index (χ0v) is 37.9. The summed E-state index contributed by atoms with van der Waals surface area (Å²) in [5, 5.41) is 20.0. The molecule has 4 atom stereocenters. The lowest BCUT2D eigenvalue weighted by Crippen LogP contribution is -2.30. The van der Waals surface area contributed by atoms with Crippen LogP contribution in [0.15, 0.2) is 72.9 Å². The van der Waals surface area contributed by atoms with Crippen molar-refractivity contribution in [3.63, 3.8) is 0 Å². The second kappa shape index (κ2) is 39.4. The molecule has 16 heteroatoms. The fourth-order valence-corrected chi connectivity index (χ4v) is 6.53. The van der Waals surface area contributed by atoms with Gasteiger partial charge in [-0.25, -0.2) is 9.13 Å². The number of phosphoric acid groups is 2. The van der Waals surface area contributed by atoms with Crippen LogP contribution in [0.3, 0.4) is 0 Å². The first kappa shape index (κ1) is 57.5. The van der Waals surface area contributed by atoms with Gasteiger partial charge in [0.15, 0.2) is 6.10 Å². The molecule has 0 aromatic heterocycles. The molecule has 0 fully saturated rings. The normalized spacial score (nSPS) is 15.2. The van der Waals surface area contributed by atoms with Crippen LogP contribution in [0, 0.1) is 0 Å². The Morgan fingerprint density at radius 3 is 1.73 bits per heavy atom. The Hall–Kier alpha value is -2.48. The van der Waals surface area contributed by atoms with E-state index in [0.717, 1.165) is 64.2 Å². The molecule has 0 saturated carbocycles. The highest BCUT2D eigenvalue weighted by atomic mass is 31.2. The van der Waals surface area contributed by atoms with Crippen molar-refractivity contribution in [1.82, 2.24) is 0 Å². The van der Waals surface area contributed by atoms with Gasteiger partial charge in [0.05, 0.1) is 25.9 Å². The molecule has 0 radical (unpaired) electrons. The monoisotopic (exact) mass is 890 g/mol. The van der Waals surface area contributed by atoms with Crippen molar-refractivity contribution in [2.75, 3.05) is 26.4 Å². The summed E-state index contributed by atoms with van der Waals surface area (Å²) in [6.07, 6.45) is 39.3. The molecule has 0 amide bonds. The Kier molecular flexibility index (Phi) is 37.7. The fraction of sp³-hybridized carbons (Fsp3) is 0.682. The van der Waals surface area contributed by atoms with Gasteiger partial charge in [-0.3, -0.25) is 23.2 Å². The van der Waals surface area contributed by atoms with Crippen molar-refractivity contribution in [1.29, 1.82) is 0 Å². The highest BCUT2D eigenvalue weighted by Gasteiger charge is 2.28. The van der Waals surface area contributed by atoms with Crippen LogP contribution < -0.4 is 0 Å². The van der Waals surface area contributed by atoms with E-state index in [1.807, 2.05) is 12.2 Å². The predicted molar refractivity (Wildman–Crippen MR) is 236 cm³/mol. The van der Waals surface area contributed by atoms with Crippen molar-refractivity contribution >= 4 is 27.6 Å². The van der Waals surface area contributed by atoms with Crippen LogP contribution in [-0.4, -0.2) is 81.6 Å². The predicted octanol–water partition coefficient (Wildman–Crippen LogP) is 9.98. The van der Waals surface area contributed by atoms with Gasteiger partial charge in [-0.05, 0) is 70.6 Å². The molecule has 0 aromatic rings. The Balaban J connectivity index is 4.73. The van der Waals surface area contributed by atoms with Gasteiger partial charge in [0.2, 0.25) is 0 Å². The number of carbonyl (C=O) groups excluding carboxylic acids is 2. The largest absolute Gasteiger partial charge is 0.472 e. The van der Waals surface area contributed by atoms with Crippen molar-refractivity contribution in [3.8, 4) is 0 Å². The second-order valence-electron chi connectivity index (χ2n) is 14.4. The molecular formula is C44H76O14P2. The van der Waals surface area contributed by atoms with E-state index in [0.29, 0.717) is 19.3 Å². The summed E-state index contributed by atoms with van der Waals surface area (Å²) in [5.74, 6) is -1.25. The van der Waals surface area contributed by atoms with Crippen LogP contribution in [0.25, 0.3) is 0 Å². The van der Waals surface area contributed by atoms with Gasteiger partial charge < -0.3 is 34.4 Å². The minimum Gasteiger partial charge on any atom is -0.462 e. The number of rotatable bonds is 40. The summed E-state index contributed by atoms with van der Waals surface area (Å²) in [6, 6.07) is 0. The maximum atomic E-state index is 12.7. The Morgan fingerprint density at radius 2 is 1.10 bits per heavy atom. The number of ether oxygens (including phenoxy) is 2. The molecule has 0 aromatic carbocycles. The quantitative estimate of drug-likeness (QED) is 0.0127. The molecular weight excluding hydrogens is 814 g/mol. The standard InChI is InChI=1S/C44H76O14P2/c1-3-5-7-9-11-13-15-17-18-20-22-24-26-28-30-34-44(48)58-42(39-57-60(52,53)56-37-41(46)36-55-59(49,50)51)38-54-43(47)35-31-33-40(45)32-29-27-25-23-21-19-16-14-12-10-8-6-4-2/h5,7,11,13,17-19,21,25,27,29,32,40-42,45-46H,3-4,6,8-10,12,14-16,20,22-24,26,28,30-31,33-39H2,1-2H3,(H,52,53)(H2,49,50,51)/b7-5-,13-11-,18-17-,21-19+,27-25+,32-29+/t40?,41-,42+/m0/s1. The van der Waals surface area contributed by atoms with Crippen LogP contribution in [0.4, 0.5) is 0 Å². The Labute approximate surface area is 359 Å². The van der Waals surface area contributed by atoms with Gasteiger partial charge in [0.1, 0.15) is 12.7 Å². The number of carbonyl (C=O) groups is 2. The summed E-state index contributed by atoms with van der Waals surface area (Å²) in [7, 11) is -9.74. The molecule has 0 rings (SSSR count). The lowest BCUT2D eigenvalue weighted by atomic mass is 10.1. The van der Waals surface area contributed by atoms with Crippen LogP contribution in [0.5, 0.6) is 0 Å². The molecule has 0 bridgehead atoms. The minimum absolute atomic E-state index is 0.0361. The van der Waals surface area contributed by atoms with Gasteiger partial charge in [-0.2, -0.15) is 0 Å². The first-order valence-electron chi connectivity index (χ1n) is 21.7. The molecule has 0 aliphatic heterocycles. The van der Waals surface area contributed by atoms with E-state index in [2.05, 4.69) is 71.5 Å². The van der Waals surface area contributed by atoms with Crippen LogP contribution in [0.2, 0.25) is 0 Å². The van der Waals surface area contributed by atoms with E-state index in [-0.39, 0.29) is 12.8 Å². The average Bonchev–Trinajstić information content (AvgIpc) is 3.20. The molecule has 0 spiro atoms. The number of aliphatic hydroxyl groups is 2. The van der Waals surface area contributed by atoms with Crippen molar-refractivity contribution in [3.05, 3.63) is 72.9 Å². The van der Waals surface area contributed by atoms with Crippen LogP contribution >= 0.6 is 15.6 Å². The van der Waals surface area contributed by atoms with E-state index in [9.17, 15) is 33.8 Å². The number of aliphatic hydroxyl groups excluding tert-OH is 2. The SMILES string of the molecule is CC/C=C\C/C=C\C/C=C\CCCCCCCC(=O)O[C@H](COC(=O)CCCC(O)/C=C/C=C/C/C=C/CCCCCCCC)COP(=O)(O)OC[C@@H](O)COP(=O)(O)O. The fourth-order valence-electron chi connectivity index (χ4n) is 5.37. The number of unbranched alkanes of at least 4 members (excludes halogenated alkanes) is 11. The summed E-state index contributed by atoms with van der Waals surface area (Å²) in [5.41, 5.74) is 0. The summed E-state index contributed by atoms with van der Waals surface area (Å²) >= 11 is 0. The molecule has 0 heterocycles. The first-order valence-corrected chi connectivity index (χ1v) is 24.8. The van der Waals surface area contributed by atoms with Gasteiger partial charge >= 0.3 is 27.6 Å². The second-order valence-corrected chi connectivity index (χ2v) is 17.1. The maximum Gasteiger partial charge on any atom is 0.472 e. The van der Waals surface area contributed by atoms with Gasteiger partial charge in [-0.15, -0.1) is 0 Å². The molecule has 346 valence electrons. The number of hydrogen-bond acceptors (Lipinski definition) is 11. The lowest BCUT2D eigenvalue weighted by molar-refractivity contribution is -0.161. The molecule has 60 heavy (non-hydrogen) atoms. The number of esters is 2.